The van der Waals surface area contributed by atoms with Crippen LogP contribution in [0.2, 0.25) is 0 Å². The van der Waals surface area contributed by atoms with E-state index in [4.69, 9.17) is 13.6 Å². The number of benzene rings is 2. The molecule has 0 aliphatic rings. The Bertz CT molecular complexity index is 1170. The van der Waals surface area contributed by atoms with Crippen molar-refractivity contribution in [2.24, 2.45) is 0 Å². The fourth-order valence-corrected chi connectivity index (χ4v) is 3.55. The molecule has 0 N–H and O–H groups in total. The SMILES string of the molecule is COc1ccccc1-c1nnc(SCc2cc(=O)oc3cc(C)ccc23)o1. The maximum Gasteiger partial charge on any atom is 0.336 e. The van der Waals surface area contributed by atoms with Gasteiger partial charge in [-0.1, -0.05) is 36.0 Å². The molecule has 136 valence electrons. The van der Waals surface area contributed by atoms with Crippen molar-refractivity contribution in [2.75, 3.05) is 7.11 Å². The van der Waals surface area contributed by atoms with Gasteiger partial charge in [0.1, 0.15) is 11.3 Å². The molecule has 2 heterocycles. The second-order valence-corrected chi connectivity index (χ2v) is 6.88. The van der Waals surface area contributed by atoms with E-state index in [1.165, 1.54) is 17.8 Å². The van der Waals surface area contributed by atoms with Gasteiger partial charge in [-0.15, -0.1) is 10.2 Å². The Morgan fingerprint density at radius 1 is 1.07 bits per heavy atom. The van der Waals surface area contributed by atoms with Crippen LogP contribution in [0.3, 0.4) is 0 Å². The first-order chi connectivity index (χ1) is 13.1. The maximum absolute atomic E-state index is 11.8. The van der Waals surface area contributed by atoms with Crippen LogP contribution in [0.5, 0.6) is 5.75 Å². The van der Waals surface area contributed by atoms with Gasteiger partial charge in [0.2, 0.25) is 0 Å². The van der Waals surface area contributed by atoms with E-state index in [2.05, 4.69) is 10.2 Å². The Labute approximate surface area is 159 Å². The first kappa shape index (κ1) is 17.4. The van der Waals surface area contributed by atoms with E-state index >= 15 is 0 Å². The smallest absolute Gasteiger partial charge is 0.336 e. The number of fused-ring (bicyclic) bond motifs is 1. The van der Waals surface area contributed by atoms with Crippen LogP contribution in [-0.2, 0) is 5.75 Å². The van der Waals surface area contributed by atoms with Crippen molar-refractivity contribution in [1.29, 1.82) is 0 Å². The molecule has 4 aromatic rings. The number of ether oxygens (including phenoxy) is 1. The highest BCUT2D eigenvalue weighted by Crippen LogP contribution is 2.32. The standard InChI is InChI=1S/C20H16N2O4S/c1-12-7-8-14-13(10-18(23)25-17(14)9-12)11-27-20-22-21-19(26-20)15-5-3-4-6-16(15)24-2/h3-10H,11H2,1-2H3. The van der Waals surface area contributed by atoms with E-state index in [0.29, 0.717) is 28.2 Å². The lowest BCUT2D eigenvalue weighted by atomic mass is 10.1. The van der Waals surface area contributed by atoms with Crippen LogP contribution in [0.4, 0.5) is 0 Å². The van der Waals surface area contributed by atoms with Gasteiger partial charge in [-0.3, -0.25) is 0 Å². The number of hydrogen-bond acceptors (Lipinski definition) is 7. The van der Waals surface area contributed by atoms with E-state index < -0.39 is 0 Å². The topological polar surface area (TPSA) is 78.4 Å². The van der Waals surface area contributed by atoms with Crippen LogP contribution in [0.25, 0.3) is 22.4 Å². The molecule has 0 saturated heterocycles. The normalized spacial score (nSPS) is 11.0. The number of methoxy groups -OCH3 is 1. The summed E-state index contributed by atoms with van der Waals surface area (Å²) in [5, 5.41) is 9.51. The predicted octanol–water partition coefficient (Wildman–Crippen LogP) is 4.45. The Kier molecular flexibility index (Phi) is 4.68. The second-order valence-electron chi connectivity index (χ2n) is 5.95. The highest BCUT2D eigenvalue weighted by atomic mass is 32.2. The largest absolute Gasteiger partial charge is 0.496 e. The zero-order valence-electron chi connectivity index (χ0n) is 14.8. The van der Waals surface area contributed by atoms with E-state index in [1.807, 2.05) is 49.4 Å². The molecule has 0 bridgehead atoms. The first-order valence-electron chi connectivity index (χ1n) is 8.27. The fraction of sp³-hybridized carbons (Fsp3) is 0.150. The van der Waals surface area contributed by atoms with Gasteiger partial charge in [-0.05, 0) is 36.2 Å². The molecule has 2 aromatic heterocycles. The number of rotatable bonds is 5. The van der Waals surface area contributed by atoms with Gasteiger partial charge in [0.15, 0.2) is 0 Å². The maximum atomic E-state index is 11.8. The molecule has 7 heteroatoms. The lowest BCUT2D eigenvalue weighted by molar-refractivity contribution is 0.411. The molecule has 6 nitrogen and oxygen atoms in total. The molecule has 0 aliphatic carbocycles. The van der Waals surface area contributed by atoms with Gasteiger partial charge in [-0.25, -0.2) is 4.79 Å². The number of aromatic nitrogens is 2. The fourth-order valence-electron chi connectivity index (χ4n) is 2.79. The zero-order valence-corrected chi connectivity index (χ0v) is 15.6. The summed E-state index contributed by atoms with van der Waals surface area (Å²) in [6.45, 7) is 1.96. The van der Waals surface area contributed by atoms with Gasteiger partial charge in [-0.2, -0.15) is 0 Å². The monoisotopic (exact) mass is 380 g/mol. The van der Waals surface area contributed by atoms with Crippen LogP contribution >= 0.6 is 11.8 Å². The molecule has 27 heavy (non-hydrogen) atoms. The predicted molar refractivity (Wildman–Crippen MR) is 103 cm³/mol. The highest BCUT2D eigenvalue weighted by Gasteiger charge is 2.14. The molecule has 0 amide bonds. The highest BCUT2D eigenvalue weighted by molar-refractivity contribution is 7.98. The molecular weight excluding hydrogens is 364 g/mol. The van der Waals surface area contributed by atoms with Crippen molar-refractivity contribution in [2.45, 2.75) is 17.9 Å². The molecule has 0 fully saturated rings. The van der Waals surface area contributed by atoms with Crippen LogP contribution in [-0.4, -0.2) is 17.3 Å². The molecule has 2 aromatic carbocycles. The van der Waals surface area contributed by atoms with Gasteiger partial charge < -0.3 is 13.6 Å². The van der Waals surface area contributed by atoms with Crippen LogP contribution in [0.15, 0.2) is 67.4 Å². The van der Waals surface area contributed by atoms with E-state index in [1.54, 1.807) is 7.11 Å². The minimum atomic E-state index is -0.371. The van der Waals surface area contributed by atoms with Crippen LogP contribution in [0, 0.1) is 6.92 Å². The third kappa shape index (κ3) is 3.59. The Morgan fingerprint density at radius 3 is 2.78 bits per heavy atom. The van der Waals surface area contributed by atoms with Crippen molar-refractivity contribution in [3.63, 3.8) is 0 Å². The van der Waals surface area contributed by atoms with E-state index in [-0.39, 0.29) is 5.63 Å². The van der Waals surface area contributed by atoms with E-state index in [0.717, 1.165) is 22.1 Å². The summed E-state index contributed by atoms with van der Waals surface area (Å²) in [5.41, 5.74) is 2.85. The van der Waals surface area contributed by atoms with Crippen molar-refractivity contribution >= 4 is 22.7 Å². The molecular formula is C20H16N2O4S. The molecule has 4 rings (SSSR count). The minimum Gasteiger partial charge on any atom is -0.496 e. The van der Waals surface area contributed by atoms with Crippen LogP contribution < -0.4 is 10.4 Å². The minimum absolute atomic E-state index is 0.371. The van der Waals surface area contributed by atoms with Crippen LogP contribution in [0.1, 0.15) is 11.1 Å². The Balaban J connectivity index is 1.59. The molecule has 0 unspecified atom stereocenters. The summed E-state index contributed by atoms with van der Waals surface area (Å²) in [6.07, 6.45) is 0. The Morgan fingerprint density at radius 2 is 1.93 bits per heavy atom. The number of thioether (sulfide) groups is 1. The lowest BCUT2D eigenvalue weighted by Gasteiger charge is -2.04. The van der Waals surface area contributed by atoms with Gasteiger partial charge in [0.05, 0.1) is 12.7 Å². The first-order valence-corrected chi connectivity index (χ1v) is 9.25. The second kappa shape index (κ2) is 7.28. The molecule has 0 saturated carbocycles. The number of nitrogens with zero attached hydrogens (tertiary/aromatic N) is 2. The van der Waals surface area contributed by atoms with Gasteiger partial charge >= 0.3 is 5.63 Å². The average Bonchev–Trinajstić information content (AvgIpc) is 3.14. The van der Waals surface area contributed by atoms with Gasteiger partial charge in [0, 0.05) is 17.2 Å². The third-order valence-electron chi connectivity index (χ3n) is 4.08. The van der Waals surface area contributed by atoms with Crippen molar-refractivity contribution in [3.8, 4) is 17.2 Å². The summed E-state index contributed by atoms with van der Waals surface area (Å²) in [4.78, 5) is 11.8. The molecule has 0 spiro atoms. The summed E-state index contributed by atoms with van der Waals surface area (Å²) >= 11 is 1.37. The third-order valence-corrected chi connectivity index (χ3v) is 4.95. The Hall–Kier alpha value is -3.06. The number of aryl methyl sites for hydroxylation is 1. The molecule has 0 aliphatic heterocycles. The quantitative estimate of drug-likeness (QED) is 0.374. The number of hydrogen-bond donors (Lipinski definition) is 0. The number of para-hydroxylation sites is 1. The summed E-state index contributed by atoms with van der Waals surface area (Å²) in [7, 11) is 1.60. The van der Waals surface area contributed by atoms with Crippen molar-refractivity contribution in [1.82, 2.24) is 10.2 Å². The zero-order chi connectivity index (χ0) is 18.8. The summed E-state index contributed by atoms with van der Waals surface area (Å²) in [5.74, 6) is 1.57. The van der Waals surface area contributed by atoms with E-state index in [9.17, 15) is 4.79 Å². The lowest BCUT2D eigenvalue weighted by Crippen LogP contribution is -2.00. The summed E-state index contributed by atoms with van der Waals surface area (Å²) in [6, 6.07) is 14.8. The van der Waals surface area contributed by atoms with Gasteiger partial charge in [0.25, 0.3) is 11.1 Å². The molecule has 0 atom stereocenters. The van der Waals surface area contributed by atoms with Crippen molar-refractivity contribution in [3.05, 3.63) is 70.1 Å². The molecule has 0 radical (unpaired) electrons. The van der Waals surface area contributed by atoms with Crippen molar-refractivity contribution < 1.29 is 13.6 Å². The summed E-state index contributed by atoms with van der Waals surface area (Å²) < 4.78 is 16.4. The average molecular weight is 380 g/mol.